The van der Waals surface area contributed by atoms with Gasteiger partial charge in [0, 0.05) is 37.4 Å². The van der Waals surface area contributed by atoms with Crippen molar-refractivity contribution in [2.45, 2.75) is 51.5 Å². The summed E-state index contributed by atoms with van der Waals surface area (Å²) in [6.07, 6.45) is 3.24. The first kappa shape index (κ1) is 27.7. The van der Waals surface area contributed by atoms with Crippen LogP contribution >= 0.6 is 0 Å². The molecule has 1 fully saturated rings. The van der Waals surface area contributed by atoms with E-state index in [2.05, 4.69) is 4.90 Å². The topological polar surface area (TPSA) is 41.9 Å². The molecule has 2 unspecified atom stereocenters. The van der Waals surface area contributed by atoms with Crippen LogP contribution in [0.3, 0.4) is 0 Å². The van der Waals surface area contributed by atoms with E-state index in [1.165, 1.54) is 6.08 Å². The highest BCUT2D eigenvalue weighted by Crippen LogP contribution is 2.55. The monoisotopic (exact) mass is 545 g/mol. The van der Waals surface area contributed by atoms with Gasteiger partial charge < -0.3 is 14.6 Å². The average molecular weight is 546 g/mol. The molecule has 5 rings (SSSR count). The van der Waals surface area contributed by atoms with E-state index in [1.54, 1.807) is 18.2 Å². The number of halogens is 4. The first-order valence-electron chi connectivity index (χ1n) is 13.4. The van der Waals surface area contributed by atoms with Crippen LogP contribution in [0.25, 0.3) is 0 Å². The molecule has 2 heterocycles. The molecule has 39 heavy (non-hydrogen) atoms. The zero-order valence-electron chi connectivity index (χ0n) is 22.5. The molecule has 0 bridgehead atoms. The highest BCUT2D eigenvalue weighted by Gasteiger charge is 2.47. The van der Waals surface area contributed by atoms with Crippen LogP contribution in [0.15, 0.2) is 82.7 Å². The van der Waals surface area contributed by atoms with Crippen molar-refractivity contribution in [2.75, 3.05) is 32.9 Å². The Labute approximate surface area is 227 Å². The first-order chi connectivity index (χ1) is 18.4. The summed E-state index contributed by atoms with van der Waals surface area (Å²) in [5, 5.41) is 10.3. The zero-order chi connectivity index (χ0) is 28.0. The second-order valence-corrected chi connectivity index (χ2v) is 11.5. The third kappa shape index (κ3) is 5.46. The predicted molar refractivity (Wildman–Crippen MR) is 142 cm³/mol. The van der Waals surface area contributed by atoms with Crippen molar-refractivity contribution in [3.05, 3.63) is 88.3 Å². The Morgan fingerprint density at radius 2 is 1.82 bits per heavy atom. The van der Waals surface area contributed by atoms with Gasteiger partial charge in [0.2, 0.25) is 0 Å². The maximum Gasteiger partial charge on any atom is 0.416 e. The quantitative estimate of drug-likeness (QED) is 0.364. The van der Waals surface area contributed by atoms with Crippen molar-refractivity contribution in [2.24, 2.45) is 11.3 Å². The Morgan fingerprint density at radius 1 is 1.10 bits per heavy atom. The number of aliphatic hydroxyl groups excluding tert-OH is 1. The van der Waals surface area contributed by atoms with E-state index < -0.39 is 28.9 Å². The lowest BCUT2D eigenvalue weighted by atomic mass is 9.66. The van der Waals surface area contributed by atoms with E-state index in [0.717, 1.165) is 48.0 Å². The first-order valence-corrected chi connectivity index (χ1v) is 13.4. The standard InChI is InChI=1S/C31H35F4NO3/c1-20-26-16-24(37)10-13-30(26,3)39-28(27(20)29(2)11-8-23(9-12-29)31(33,34)35)22-4-6-25(7-5-22)38-15-14-36-18-21(17-32)19-36/h4-11,16,21,28,37H,12-15,17-19H2,1-3H3/t28-,29?,30?/m1/s1. The molecule has 0 amide bonds. The highest BCUT2D eigenvalue weighted by molar-refractivity contribution is 5.54. The molecule has 1 aromatic rings. The van der Waals surface area contributed by atoms with E-state index in [1.807, 2.05) is 45.0 Å². The molecule has 0 spiro atoms. The van der Waals surface area contributed by atoms with Gasteiger partial charge in [0.15, 0.2) is 0 Å². The number of nitrogens with zero attached hydrogens (tertiary/aromatic N) is 1. The van der Waals surface area contributed by atoms with Gasteiger partial charge in [-0.25, -0.2) is 0 Å². The summed E-state index contributed by atoms with van der Waals surface area (Å²) in [5.74, 6) is 1.01. The maximum absolute atomic E-state index is 13.4. The molecule has 2 aliphatic carbocycles. The van der Waals surface area contributed by atoms with Crippen LogP contribution in [-0.2, 0) is 4.74 Å². The molecular weight excluding hydrogens is 510 g/mol. The number of hydrogen-bond donors (Lipinski definition) is 1. The normalized spacial score (nSPS) is 29.8. The predicted octanol–water partition coefficient (Wildman–Crippen LogP) is 7.34. The Bertz CT molecular complexity index is 1250. The van der Waals surface area contributed by atoms with Gasteiger partial charge in [0.05, 0.1) is 17.8 Å². The third-order valence-electron chi connectivity index (χ3n) is 8.44. The van der Waals surface area contributed by atoms with Gasteiger partial charge in [0.25, 0.3) is 0 Å². The van der Waals surface area contributed by atoms with Crippen molar-refractivity contribution >= 4 is 0 Å². The van der Waals surface area contributed by atoms with Crippen LogP contribution in [0.5, 0.6) is 5.75 Å². The van der Waals surface area contributed by atoms with E-state index >= 15 is 0 Å². The molecule has 0 aromatic heterocycles. The summed E-state index contributed by atoms with van der Waals surface area (Å²) < 4.78 is 65.4. The second-order valence-electron chi connectivity index (χ2n) is 11.5. The fourth-order valence-corrected chi connectivity index (χ4v) is 6.14. The molecule has 1 N–H and O–H groups in total. The summed E-state index contributed by atoms with van der Waals surface area (Å²) in [6.45, 7) is 8.38. The summed E-state index contributed by atoms with van der Waals surface area (Å²) in [6, 6.07) is 7.65. The number of benzene rings is 1. The Kier molecular flexibility index (Phi) is 7.31. The van der Waals surface area contributed by atoms with Crippen molar-refractivity contribution in [3.63, 3.8) is 0 Å². The van der Waals surface area contributed by atoms with Crippen molar-refractivity contribution in [3.8, 4) is 5.75 Å². The summed E-state index contributed by atoms with van der Waals surface area (Å²) in [4.78, 5) is 2.16. The molecule has 0 saturated carbocycles. The molecule has 210 valence electrons. The SMILES string of the molecule is CC1=C(C2(C)C=CC(C(F)(F)F)=CC2)[C@@H](c2ccc(OCCN3CC(CF)C3)cc2)OC2(C)CC=C(O)C=C12. The smallest absolute Gasteiger partial charge is 0.416 e. The van der Waals surface area contributed by atoms with Gasteiger partial charge >= 0.3 is 6.18 Å². The fraction of sp³-hybridized carbons (Fsp3) is 0.484. The number of fused-ring (bicyclic) bond motifs is 1. The lowest BCUT2D eigenvalue weighted by Crippen LogP contribution is -2.49. The molecule has 2 aliphatic heterocycles. The lowest BCUT2D eigenvalue weighted by Gasteiger charge is -2.48. The van der Waals surface area contributed by atoms with Crippen molar-refractivity contribution in [1.29, 1.82) is 0 Å². The van der Waals surface area contributed by atoms with E-state index in [0.29, 0.717) is 18.8 Å². The number of likely N-dealkylation sites (tertiary alicyclic amines) is 1. The third-order valence-corrected chi connectivity index (χ3v) is 8.44. The molecule has 1 saturated heterocycles. The number of hydrogen-bond acceptors (Lipinski definition) is 4. The zero-order valence-corrected chi connectivity index (χ0v) is 22.5. The van der Waals surface area contributed by atoms with E-state index in [-0.39, 0.29) is 24.8 Å². The van der Waals surface area contributed by atoms with Crippen LogP contribution in [0.1, 0.15) is 45.3 Å². The number of allylic oxidation sites excluding steroid dienone is 5. The fourth-order valence-electron chi connectivity index (χ4n) is 6.14. The summed E-state index contributed by atoms with van der Waals surface area (Å²) in [5.41, 5.74) is 1.48. The molecule has 1 aromatic carbocycles. The van der Waals surface area contributed by atoms with Crippen molar-refractivity contribution < 1.29 is 32.1 Å². The van der Waals surface area contributed by atoms with Crippen LogP contribution in [0.4, 0.5) is 17.6 Å². The van der Waals surface area contributed by atoms with Gasteiger partial charge in [-0.05, 0) is 66.8 Å². The lowest BCUT2D eigenvalue weighted by molar-refractivity contribution is -0.0889. The molecule has 4 aliphatic rings. The summed E-state index contributed by atoms with van der Waals surface area (Å²) in [7, 11) is 0. The molecule has 4 nitrogen and oxygen atoms in total. The minimum Gasteiger partial charge on any atom is -0.508 e. The van der Waals surface area contributed by atoms with Gasteiger partial charge in [0.1, 0.15) is 24.2 Å². The van der Waals surface area contributed by atoms with Crippen molar-refractivity contribution in [1.82, 2.24) is 4.90 Å². The Hall–Kier alpha value is -2.84. The molecule has 0 radical (unpaired) electrons. The van der Waals surface area contributed by atoms with Crippen LogP contribution in [0, 0.1) is 11.3 Å². The number of ether oxygens (including phenoxy) is 2. The largest absolute Gasteiger partial charge is 0.508 e. The van der Waals surface area contributed by atoms with E-state index in [9.17, 15) is 22.7 Å². The molecule has 8 heteroatoms. The Morgan fingerprint density at radius 3 is 2.44 bits per heavy atom. The highest BCUT2D eigenvalue weighted by atomic mass is 19.4. The molecule has 3 atom stereocenters. The van der Waals surface area contributed by atoms with E-state index in [4.69, 9.17) is 9.47 Å². The molecular formula is C31H35F4NO3. The number of alkyl halides is 4. The average Bonchev–Trinajstić information content (AvgIpc) is 2.86. The second kappa shape index (κ2) is 10.3. The van der Waals surface area contributed by atoms with Crippen LogP contribution in [-0.4, -0.2) is 54.7 Å². The Balaban J connectivity index is 1.41. The van der Waals surface area contributed by atoms with Gasteiger partial charge in [-0.3, -0.25) is 9.29 Å². The maximum atomic E-state index is 13.4. The van der Waals surface area contributed by atoms with Gasteiger partial charge in [-0.1, -0.05) is 37.3 Å². The minimum atomic E-state index is -4.40. The van der Waals surface area contributed by atoms with Crippen LogP contribution < -0.4 is 4.74 Å². The van der Waals surface area contributed by atoms with Gasteiger partial charge in [-0.15, -0.1) is 0 Å². The minimum absolute atomic E-state index is 0.141. The number of rotatable bonds is 7. The summed E-state index contributed by atoms with van der Waals surface area (Å²) >= 11 is 0. The van der Waals surface area contributed by atoms with Gasteiger partial charge in [-0.2, -0.15) is 13.2 Å². The van der Waals surface area contributed by atoms with Crippen LogP contribution in [0.2, 0.25) is 0 Å². The number of aliphatic hydroxyl groups is 1.